The lowest BCUT2D eigenvalue weighted by atomic mass is 10.2. The molecule has 0 bridgehead atoms. The van der Waals surface area contributed by atoms with Gasteiger partial charge in [0.1, 0.15) is 5.75 Å². The lowest BCUT2D eigenvalue weighted by Gasteiger charge is -2.36. The van der Waals surface area contributed by atoms with Gasteiger partial charge in [0.25, 0.3) is 8.32 Å². The molecule has 0 aliphatic heterocycles. The van der Waals surface area contributed by atoms with Gasteiger partial charge >= 0.3 is 0 Å². The average Bonchev–Trinajstić information content (AvgIpc) is 2.26. The van der Waals surface area contributed by atoms with Crippen LogP contribution in [0, 0.1) is 0 Å². The third-order valence-electron chi connectivity index (χ3n) is 3.64. The van der Waals surface area contributed by atoms with E-state index in [-0.39, 0.29) is 5.04 Å². The van der Waals surface area contributed by atoms with Gasteiger partial charge in [0.05, 0.1) is 7.11 Å². The fourth-order valence-electron chi connectivity index (χ4n) is 1.36. The number of hydrogen-bond donors (Lipinski definition) is 1. The van der Waals surface area contributed by atoms with Crippen molar-refractivity contribution in [1.82, 2.24) is 0 Å². The van der Waals surface area contributed by atoms with Crippen molar-refractivity contribution in [3.8, 4) is 11.5 Å². The Balaban J connectivity index is 3.09. The molecule has 102 valence electrons. The van der Waals surface area contributed by atoms with Crippen LogP contribution in [0.25, 0.3) is 0 Å². The van der Waals surface area contributed by atoms with Crippen molar-refractivity contribution in [1.29, 1.82) is 0 Å². The first-order valence-electron chi connectivity index (χ1n) is 6.27. The molecule has 0 heterocycles. The SMILES string of the molecule is COc1ccc(CN)cc1O[Si](C)(C)C(C)(C)C. The summed E-state index contributed by atoms with van der Waals surface area (Å²) in [6.45, 7) is 11.6. The van der Waals surface area contributed by atoms with E-state index in [1.807, 2.05) is 18.2 Å². The summed E-state index contributed by atoms with van der Waals surface area (Å²) < 4.78 is 11.6. The molecular formula is C14H25NO2Si. The van der Waals surface area contributed by atoms with Crippen LogP contribution in [-0.2, 0) is 6.54 Å². The van der Waals surface area contributed by atoms with Gasteiger partial charge in [0.2, 0.25) is 0 Å². The topological polar surface area (TPSA) is 44.5 Å². The Morgan fingerprint density at radius 1 is 1.17 bits per heavy atom. The lowest BCUT2D eigenvalue weighted by Crippen LogP contribution is -2.43. The molecule has 0 fully saturated rings. The Kier molecular flexibility index (Phi) is 4.45. The summed E-state index contributed by atoms with van der Waals surface area (Å²) in [5, 5.41) is 0.163. The molecule has 1 aromatic rings. The van der Waals surface area contributed by atoms with Crippen LogP contribution in [0.2, 0.25) is 18.1 Å². The summed E-state index contributed by atoms with van der Waals surface area (Å²) in [6.07, 6.45) is 0. The Hall–Kier alpha value is -1.00. The summed E-state index contributed by atoms with van der Waals surface area (Å²) in [7, 11) is -0.187. The Labute approximate surface area is 111 Å². The highest BCUT2D eigenvalue weighted by Crippen LogP contribution is 2.40. The predicted molar refractivity (Wildman–Crippen MR) is 78.7 cm³/mol. The van der Waals surface area contributed by atoms with Crippen LogP contribution in [0.15, 0.2) is 18.2 Å². The minimum atomic E-state index is -1.85. The van der Waals surface area contributed by atoms with Crippen molar-refractivity contribution in [2.75, 3.05) is 7.11 Å². The summed E-state index contributed by atoms with van der Waals surface area (Å²) in [5.74, 6) is 1.59. The van der Waals surface area contributed by atoms with E-state index in [1.54, 1.807) is 7.11 Å². The average molecular weight is 267 g/mol. The molecule has 2 N–H and O–H groups in total. The van der Waals surface area contributed by atoms with Gasteiger partial charge in [-0.15, -0.1) is 0 Å². The highest BCUT2D eigenvalue weighted by molar-refractivity contribution is 6.74. The fourth-order valence-corrected chi connectivity index (χ4v) is 2.37. The van der Waals surface area contributed by atoms with E-state index >= 15 is 0 Å². The van der Waals surface area contributed by atoms with E-state index in [0.717, 1.165) is 17.1 Å². The number of rotatable bonds is 4. The van der Waals surface area contributed by atoms with Gasteiger partial charge in [0, 0.05) is 6.54 Å². The highest BCUT2D eigenvalue weighted by Gasteiger charge is 2.39. The molecule has 0 unspecified atom stereocenters. The first kappa shape index (κ1) is 15.1. The number of benzene rings is 1. The third-order valence-corrected chi connectivity index (χ3v) is 7.98. The summed E-state index contributed by atoms with van der Waals surface area (Å²) in [6, 6.07) is 5.88. The lowest BCUT2D eigenvalue weighted by molar-refractivity contribution is 0.385. The molecule has 0 aromatic heterocycles. The van der Waals surface area contributed by atoms with Gasteiger partial charge in [-0.25, -0.2) is 0 Å². The first-order chi connectivity index (χ1) is 8.21. The monoisotopic (exact) mass is 267 g/mol. The van der Waals surface area contributed by atoms with Crippen LogP contribution in [0.1, 0.15) is 26.3 Å². The maximum Gasteiger partial charge on any atom is 0.250 e. The normalized spacial score (nSPS) is 12.4. The molecular weight excluding hydrogens is 242 g/mol. The van der Waals surface area contributed by atoms with Crippen LogP contribution in [0.3, 0.4) is 0 Å². The Bertz CT molecular complexity index is 411. The van der Waals surface area contributed by atoms with Gasteiger partial charge in [-0.3, -0.25) is 0 Å². The summed E-state index contributed by atoms with van der Waals surface area (Å²) >= 11 is 0. The second-order valence-electron chi connectivity index (χ2n) is 6.05. The van der Waals surface area contributed by atoms with Gasteiger partial charge in [-0.1, -0.05) is 26.8 Å². The molecule has 0 radical (unpaired) electrons. The van der Waals surface area contributed by atoms with E-state index in [0.29, 0.717) is 6.54 Å². The second kappa shape index (κ2) is 5.32. The maximum absolute atomic E-state index is 6.29. The van der Waals surface area contributed by atoms with Crippen molar-refractivity contribution in [2.45, 2.75) is 45.4 Å². The van der Waals surface area contributed by atoms with Gasteiger partial charge in [0.15, 0.2) is 5.75 Å². The molecule has 18 heavy (non-hydrogen) atoms. The summed E-state index contributed by atoms with van der Waals surface area (Å²) in [5.41, 5.74) is 6.73. The molecule has 0 amide bonds. The van der Waals surface area contributed by atoms with Gasteiger partial charge in [-0.05, 0) is 35.8 Å². The molecule has 0 saturated carbocycles. The van der Waals surface area contributed by atoms with E-state index in [9.17, 15) is 0 Å². The van der Waals surface area contributed by atoms with Crippen LogP contribution in [0.5, 0.6) is 11.5 Å². The molecule has 0 aliphatic carbocycles. The van der Waals surface area contributed by atoms with Gasteiger partial charge < -0.3 is 14.9 Å². The van der Waals surface area contributed by atoms with E-state index < -0.39 is 8.32 Å². The van der Waals surface area contributed by atoms with Crippen molar-refractivity contribution >= 4 is 8.32 Å². The largest absolute Gasteiger partial charge is 0.541 e. The molecule has 1 aromatic carbocycles. The standard InChI is InChI=1S/C14H25NO2Si/c1-14(2,3)18(5,6)17-13-9-11(10-15)7-8-12(13)16-4/h7-9H,10,15H2,1-6H3. The Morgan fingerprint density at radius 3 is 2.22 bits per heavy atom. The zero-order valence-corrected chi connectivity index (χ0v) is 13.3. The maximum atomic E-state index is 6.29. The minimum absolute atomic E-state index is 0.163. The number of methoxy groups -OCH3 is 1. The van der Waals surface area contributed by atoms with Crippen molar-refractivity contribution < 1.29 is 9.16 Å². The zero-order chi connectivity index (χ0) is 14.0. The molecule has 1 rings (SSSR count). The highest BCUT2D eigenvalue weighted by atomic mass is 28.4. The smallest absolute Gasteiger partial charge is 0.250 e. The quantitative estimate of drug-likeness (QED) is 0.849. The molecule has 0 spiro atoms. The zero-order valence-electron chi connectivity index (χ0n) is 12.3. The minimum Gasteiger partial charge on any atom is -0.541 e. The number of ether oxygens (including phenoxy) is 1. The fraction of sp³-hybridized carbons (Fsp3) is 0.571. The van der Waals surface area contributed by atoms with Gasteiger partial charge in [-0.2, -0.15) is 0 Å². The third kappa shape index (κ3) is 3.27. The van der Waals surface area contributed by atoms with Crippen molar-refractivity contribution in [3.63, 3.8) is 0 Å². The number of hydrogen-bond acceptors (Lipinski definition) is 3. The van der Waals surface area contributed by atoms with E-state index in [1.165, 1.54) is 0 Å². The van der Waals surface area contributed by atoms with Crippen LogP contribution >= 0.6 is 0 Å². The Morgan fingerprint density at radius 2 is 1.78 bits per heavy atom. The molecule has 0 saturated heterocycles. The first-order valence-corrected chi connectivity index (χ1v) is 9.18. The molecule has 0 aliphatic rings. The van der Waals surface area contributed by atoms with E-state index in [4.69, 9.17) is 14.9 Å². The molecule has 0 atom stereocenters. The van der Waals surface area contributed by atoms with E-state index in [2.05, 4.69) is 33.9 Å². The van der Waals surface area contributed by atoms with Crippen molar-refractivity contribution in [2.24, 2.45) is 5.73 Å². The van der Waals surface area contributed by atoms with Crippen LogP contribution in [-0.4, -0.2) is 15.4 Å². The molecule has 3 nitrogen and oxygen atoms in total. The van der Waals surface area contributed by atoms with Crippen LogP contribution < -0.4 is 14.9 Å². The summed E-state index contributed by atoms with van der Waals surface area (Å²) in [4.78, 5) is 0. The van der Waals surface area contributed by atoms with Crippen LogP contribution in [0.4, 0.5) is 0 Å². The number of nitrogens with two attached hydrogens (primary N) is 1. The predicted octanol–water partition coefficient (Wildman–Crippen LogP) is 3.54. The second-order valence-corrected chi connectivity index (χ2v) is 10.8. The van der Waals surface area contributed by atoms with Crippen molar-refractivity contribution in [3.05, 3.63) is 23.8 Å². The molecule has 4 heteroatoms.